The SMILES string of the molecule is CCCCCCCCCOC1=C(OCCCCCCCCC)C(OCCCCCCCCC)(S(=O)(=O)O)C(OCCCCCCCCC)(OCCCCCCCCC)C(OCCCCCCCCC)(OCCCCCCCCC)C1(OCCCCCCCCC)OCCCCCCCCC. The van der Waals surface area contributed by atoms with Gasteiger partial charge in [0.15, 0.2) is 5.76 Å². The highest BCUT2D eigenvalue weighted by atomic mass is 32.2. The molecule has 1 rings (SSSR count). The molecule has 0 saturated carbocycles. The van der Waals surface area contributed by atoms with Gasteiger partial charge in [-0.25, -0.2) is 0 Å². The molecule has 0 bridgehead atoms. The molecule has 100 heavy (non-hydrogen) atoms. The van der Waals surface area contributed by atoms with E-state index in [1.165, 1.54) is 128 Å². The number of ether oxygens (including phenoxy) is 9. The molecule has 0 aliphatic heterocycles. The van der Waals surface area contributed by atoms with Crippen LogP contribution in [0.4, 0.5) is 0 Å². The van der Waals surface area contributed by atoms with E-state index in [1.54, 1.807) is 0 Å². The Kier molecular flexibility index (Phi) is 66.4. The van der Waals surface area contributed by atoms with Gasteiger partial charge >= 0.3 is 15.1 Å². The molecule has 0 aromatic rings. The van der Waals surface area contributed by atoms with E-state index >= 15 is 8.42 Å². The van der Waals surface area contributed by atoms with E-state index in [1.807, 2.05) is 0 Å². The summed E-state index contributed by atoms with van der Waals surface area (Å²) >= 11 is 0. The molecule has 598 valence electrons. The minimum absolute atomic E-state index is 0.0123. The van der Waals surface area contributed by atoms with Crippen molar-refractivity contribution in [1.82, 2.24) is 0 Å². The molecule has 1 N–H and O–H groups in total. The Morgan fingerprint density at radius 1 is 0.210 bits per heavy atom. The van der Waals surface area contributed by atoms with E-state index < -0.39 is 32.4 Å². The van der Waals surface area contributed by atoms with E-state index in [0.29, 0.717) is 57.8 Å². The van der Waals surface area contributed by atoms with Gasteiger partial charge in [-0.05, 0) is 57.8 Å². The first-order chi connectivity index (χ1) is 49.1. The summed E-state index contributed by atoms with van der Waals surface area (Å²) in [5.41, 5.74) is 0. The van der Waals surface area contributed by atoms with Crippen LogP contribution in [0.25, 0.3) is 0 Å². The van der Waals surface area contributed by atoms with Crippen LogP contribution in [-0.4, -0.2) is 94.7 Å². The van der Waals surface area contributed by atoms with Gasteiger partial charge in [-0.3, -0.25) is 4.55 Å². The third-order valence-electron chi connectivity index (χ3n) is 20.8. The second-order valence-electron chi connectivity index (χ2n) is 30.3. The van der Waals surface area contributed by atoms with Crippen LogP contribution < -0.4 is 0 Å². The second kappa shape index (κ2) is 68.5. The molecular formula is C87H172O12S. The summed E-state index contributed by atoms with van der Waals surface area (Å²) in [4.78, 5) is -2.96. The molecule has 0 radical (unpaired) electrons. The van der Waals surface area contributed by atoms with Crippen molar-refractivity contribution in [3.8, 4) is 0 Å². The highest BCUT2D eigenvalue weighted by Gasteiger charge is 2.89. The van der Waals surface area contributed by atoms with E-state index in [0.717, 1.165) is 218 Å². The normalized spacial score (nSPS) is 16.0. The van der Waals surface area contributed by atoms with Gasteiger partial charge in [0, 0.05) is 6.61 Å². The van der Waals surface area contributed by atoms with E-state index in [2.05, 4.69) is 62.3 Å². The van der Waals surface area contributed by atoms with Gasteiger partial charge in [0.25, 0.3) is 17.4 Å². The molecule has 0 aromatic heterocycles. The number of hydrogen-bond donors (Lipinski definition) is 1. The maximum absolute atomic E-state index is 16.6. The summed E-state index contributed by atoms with van der Waals surface area (Å²) in [5.74, 6) is -7.50. The van der Waals surface area contributed by atoms with Gasteiger partial charge < -0.3 is 42.6 Å². The predicted molar refractivity (Wildman–Crippen MR) is 425 cm³/mol. The summed E-state index contributed by atoms with van der Waals surface area (Å²) in [5, 5.41) is 0. The topological polar surface area (TPSA) is 137 Å². The van der Waals surface area contributed by atoms with Gasteiger partial charge in [-0.15, -0.1) is 0 Å². The molecule has 1 aliphatic carbocycles. The predicted octanol–water partition coefficient (Wildman–Crippen LogP) is 27.8. The van der Waals surface area contributed by atoms with Crippen LogP contribution in [0.15, 0.2) is 11.5 Å². The Morgan fingerprint density at radius 3 is 0.600 bits per heavy atom. The zero-order valence-electron chi connectivity index (χ0n) is 68.3. The second-order valence-corrected chi connectivity index (χ2v) is 31.9. The lowest BCUT2D eigenvalue weighted by Crippen LogP contribution is -2.86. The van der Waals surface area contributed by atoms with Crippen molar-refractivity contribution in [3.05, 3.63) is 11.5 Å². The summed E-state index contributed by atoms with van der Waals surface area (Å²) in [7, 11) is -5.61. The molecule has 12 nitrogen and oxygen atoms in total. The lowest BCUT2D eigenvalue weighted by molar-refractivity contribution is -0.518. The molecule has 13 heteroatoms. The first kappa shape index (κ1) is 97.0. The molecule has 0 amide bonds. The lowest BCUT2D eigenvalue weighted by atomic mass is 9.80. The molecule has 0 saturated heterocycles. The maximum Gasteiger partial charge on any atom is 0.315 e. The third-order valence-corrected chi connectivity index (χ3v) is 22.1. The standard InChI is InChI=1S/C87H172O12S/c1-10-19-28-37-46-55-64-73-91-82-83(92-74-65-56-47-38-29-20-11-2)85(100(88,89)90,95-77-68-59-50-41-32-23-14-5)87(98-80-71-62-53-44-35-26-17-8,99-81-72-63-54-45-36-27-18-9)86(96-78-69-60-51-42-33-24-15-6,97-79-70-61-52-43-34-25-16-7)84(82,93-75-66-57-48-39-30-21-12-3)94-76-67-58-49-40-31-22-13-4/h10-81H2,1-9H3,(H,88,89,90). The largest absolute Gasteiger partial charge is 0.490 e. The van der Waals surface area contributed by atoms with Crippen molar-refractivity contribution < 1.29 is 55.6 Å². The monoisotopic (exact) mass is 1440 g/mol. The van der Waals surface area contributed by atoms with Crippen LogP contribution in [0.3, 0.4) is 0 Å². The van der Waals surface area contributed by atoms with Crippen molar-refractivity contribution in [2.45, 2.75) is 489 Å². The Labute approximate surface area is 622 Å². The van der Waals surface area contributed by atoms with Crippen molar-refractivity contribution >= 4 is 10.1 Å². The van der Waals surface area contributed by atoms with Crippen LogP contribution in [0.5, 0.6) is 0 Å². The average molecular weight is 1440 g/mol. The molecule has 1 atom stereocenters. The van der Waals surface area contributed by atoms with Gasteiger partial charge in [0.05, 0.1) is 52.9 Å². The lowest BCUT2D eigenvalue weighted by Gasteiger charge is -2.62. The van der Waals surface area contributed by atoms with Gasteiger partial charge in [0.1, 0.15) is 0 Å². The van der Waals surface area contributed by atoms with Crippen LogP contribution in [-0.2, 0) is 52.7 Å². The highest BCUT2D eigenvalue weighted by molar-refractivity contribution is 7.87. The van der Waals surface area contributed by atoms with Crippen LogP contribution in [0.1, 0.15) is 467 Å². The molecule has 1 aliphatic rings. The van der Waals surface area contributed by atoms with Crippen LogP contribution >= 0.6 is 0 Å². The van der Waals surface area contributed by atoms with Gasteiger partial charge in [0.2, 0.25) is 5.76 Å². The van der Waals surface area contributed by atoms with E-state index in [-0.39, 0.29) is 71.0 Å². The van der Waals surface area contributed by atoms with Crippen LogP contribution in [0.2, 0.25) is 0 Å². The van der Waals surface area contributed by atoms with Crippen molar-refractivity contribution in [2.24, 2.45) is 0 Å². The third kappa shape index (κ3) is 40.8. The zero-order valence-corrected chi connectivity index (χ0v) is 69.1. The smallest absolute Gasteiger partial charge is 0.315 e. The van der Waals surface area contributed by atoms with E-state index in [4.69, 9.17) is 42.6 Å². The summed E-state index contributed by atoms with van der Waals surface area (Å²) in [6.07, 6.45) is 64.6. The molecule has 0 fully saturated rings. The first-order valence-corrected chi connectivity index (χ1v) is 46.0. The molecule has 0 spiro atoms. The quantitative estimate of drug-likeness (QED) is 0.0352. The fraction of sp³-hybridized carbons (Fsp3) is 0.977. The Morgan fingerprint density at radius 2 is 0.380 bits per heavy atom. The molecule has 0 heterocycles. The summed E-state index contributed by atoms with van der Waals surface area (Å²) in [6.45, 7) is 21.4. The minimum Gasteiger partial charge on any atom is -0.490 e. The van der Waals surface area contributed by atoms with E-state index in [9.17, 15) is 4.55 Å². The molecule has 1 unspecified atom stereocenters. The number of hydrogen-bond acceptors (Lipinski definition) is 11. The van der Waals surface area contributed by atoms with Crippen molar-refractivity contribution in [1.29, 1.82) is 0 Å². The Hall–Kier alpha value is -1.03. The van der Waals surface area contributed by atoms with Gasteiger partial charge in [-0.1, -0.05) is 409 Å². The number of rotatable bonds is 82. The Balaban J connectivity index is 5.25. The van der Waals surface area contributed by atoms with Crippen LogP contribution in [0, 0.1) is 0 Å². The zero-order chi connectivity index (χ0) is 72.9. The van der Waals surface area contributed by atoms with Crippen molar-refractivity contribution in [3.63, 3.8) is 0 Å². The first-order valence-electron chi connectivity index (χ1n) is 44.5. The highest BCUT2D eigenvalue weighted by Crippen LogP contribution is 2.63. The Bertz CT molecular complexity index is 1800. The average Bonchev–Trinajstić information content (AvgIpc) is 0.656. The fourth-order valence-corrected chi connectivity index (χ4v) is 15.7. The fourth-order valence-electron chi connectivity index (χ4n) is 14.5. The summed E-state index contributed by atoms with van der Waals surface area (Å²) < 4.78 is 117. The molecule has 0 aromatic carbocycles. The molecular weight excluding hydrogens is 1270 g/mol. The number of unbranched alkanes of at least 4 members (excludes halogenated alkanes) is 54. The minimum atomic E-state index is -5.61. The van der Waals surface area contributed by atoms with Gasteiger partial charge in [-0.2, -0.15) is 8.42 Å². The summed E-state index contributed by atoms with van der Waals surface area (Å²) in [6, 6.07) is 0. The maximum atomic E-state index is 16.6. The van der Waals surface area contributed by atoms with Crippen molar-refractivity contribution in [2.75, 3.05) is 59.5 Å².